The number of nitrogens with zero attached hydrogens (tertiary/aromatic N) is 1. The third-order valence-electron chi connectivity index (χ3n) is 8.72. The molecule has 2 amide bonds. The first-order valence-electron chi connectivity index (χ1n) is 16.7. The highest BCUT2D eigenvalue weighted by Crippen LogP contribution is 2.45. The van der Waals surface area contributed by atoms with E-state index in [2.05, 4.69) is 16.0 Å². The van der Waals surface area contributed by atoms with E-state index in [4.69, 9.17) is 5.73 Å². The highest BCUT2D eigenvalue weighted by atomic mass is 32.2. The van der Waals surface area contributed by atoms with Gasteiger partial charge in [0.05, 0.1) is 23.6 Å². The lowest BCUT2D eigenvalue weighted by atomic mass is 9.85. The van der Waals surface area contributed by atoms with Gasteiger partial charge in [-0.3, -0.25) is 14.9 Å². The van der Waals surface area contributed by atoms with Gasteiger partial charge in [0.2, 0.25) is 21.8 Å². The summed E-state index contributed by atoms with van der Waals surface area (Å²) in [6, 6.07) is 19.6. The molecule has 3 aromatic carbocycles. The van der Waals surface area contributed by atoms with Gasteiger partial charge in [-0.2, -0.15) is 4.31 Å². The van der Waals surface area contributed by atoms with Gasteiger partial charge in [-0.15, -0.1) is 0 Å². The van der Waals surface area contributed by atoms with Gasteiger partial charge in [0.1, 0.15) is 11.9 Å². The van der Waals surface area contributed by atoms with Crippen LogP contribution in [0.15, 0.2) is 83.8 Å². The molecule has 0 heterocycles. The Bertz CT molecular complexity index is 1680. The maximum Gasteiger partial charge on any atom is 0.243 e. The molecule has 0 bridgehead atoms. The number of anilines is 1. The number of benzene rings is 3. The summed E-state index contributed by atoms with van der Waals surface area (Å²) in [5.41, 5.74) is 6.61. The number of rotatable bonds is 16. The fourth-order valence-corrected chi connectivity index (χ4v) is 7.46. The van der Waals surface area contributed by atoms with E-state index < -0.39 is 51.0 Å². The second-order valence-electron chi connectivity index (χ2n) is 14.5. The minimum Gasteiger partial charge on any atom is -0.399 e. The van der Waals surface area contributed by atoms with Crippen molar-refractivity contribution < 1.29 is 27.5 Å². The molecular formula is C37H50FN5O5S. The summed E-state index contributed by atoms with van der Waals surface area (Å²) < 4.78 is 42.6. The molecule has 10 nitrogen and oxygen atoms in total. The summed E-state index contributed by atoms with van der Waals surface area (Å²) in [6.07, 6.45) is 0.431. The minimum atomic E-state index is -4.01. The lowest BCUT2D eigenvalue weighted by Crippen LogP contribution is -2.59. The summed E-state index contributed by atoms with van der Waals surface area (Å²) in [6.45, 7) is 9.03. The zero-order valence-corrected chi connectivity index (χ0v) is 29.8. The summed E-state index contributed by atoms with van der Waals surface area (Å²) >= 11 is 0. The Morgan fingerprint density at radius 3 is 2.18 bits per heavy atom. The third kappa shape index (κ3) is 10.3. The predicted molar refractivity (Wildman–Crippen MR) is 189 cm³/mol. The molecule has 12 heteroatoms. The third-order valence-corrected chi connectivity index (χ3v) is 10.6. The maximum absolute atomic E-state index is 14.0. The summed E-state index contributed by atoms with van der Waals surface area (Å²) in [4.78, 5) is 27.3. The van der Waals surface area contributed by atoms with Crippen molar-refractivity contribution >= 4 is 27.5 Å². The van der Waals surface area contributed by atoms with Crippen LogP contribution in [0.25, 0.3) is 0 Å². The van der Waals surface area contributed by atoms with Crippen LogP contribution in [-0.2, 0) is 31.6 Å². The second kappa shape index (κ2) is 15.8. The van der Waals surface area contributed by atoms with Crippen molar-refractivity contribution in [3.63, 3.8) is 0 Å². The summed E-state index contributed by atoms with van der Waals surface area (Å²) in [5, 5.41) is 20.7. The van der Waals surface area contributed by atoms with Gasteiger partial charge in [-0.25, -0.2) is 12.8 Å². The van der Waals surface area contributed by atoms with E-state index in [9.17, 15) is 27.5 Å². The van der Waals surface area contributed by atoms with Crippen LogP contribution in [0.3, 0.4) is 0 Å². The number of carbonyl (C=O) groups excluding carboxylic acids is 2. The minimum absolute atomic E-state index is 0.0488. The van der Waals surface area contributed by atoms with Gasteiger partial charge in [-0.1, -0.05) is 77.1 Å². The molecule has 1 fully saturated rings. The number of nitrogens with two attached hydrogens (primary N) is 1. The molecule has 6 N–H and O–H groups in total. The average molecular weight is 696 g/mol. The molecule has 266 valence electrons. The van der Waals surface area contributed by atoms with Gasteiger partial charge in [0.15, 0.2) is 0 Å². The smallest absolute Gasteiger partial charge is 0.243 e. The molecule has 1 aliphatic rings. The van der Waals surface area contributed by atoms with E-state index in [-0.39, 0.29) is 42.7 Å². The van der Waals surface area contributed by atoms with Crippen LogP contribution in [0.4, 0.5) is 10.1 Å². The number of sulfonamides is 1. The Balaban J connectivity index is 1.52. The first-order chi connectivity index (χ1) is 23.0. The Labute approximate surface area is 289 Å². The zero-order chi connectivity index (χ0) is 36.0. The lowest BCUT2D eigenvalue weighted by molar-refractivity contribution is -0.132. The number of aliphatic hydroxyl groups excluding tert-OH is 1. The van der Waals surface area contributed by atoms with Gasteiger partial charge < -0.3 is 21.5 Å². The van der Waals surface area contributed by atoms with E-state index in [0.717, 1.165) is 24.0 Å². The normalized spacial score (nSPS) is 16.2. The van der Waals surface area contributed by atoms with E-state index in [1.165, 1.54) is 40.7 Å². The highest BCUT2D eigenvalue weighted by Gasteiger charge is 2.45. The number of amides is 2. The number of hydrogen-bond donors (Lipinski definition) is 5. The van der Waals surface area contributed by atoms with Crippen molar-refractivity contribution in [1.82, 2.24) is 20.3 Å². The van der Waals surface area contributed by atoms with Crippen LogP contribution in [0.2, 0.25) is 0 Å². The zero-order valence-electron chi connectivity index (χ0n) is 28.9. The van der Waals surface area contributed by atoms with Crippen LogP contribution in [0, 0.1) is 17.2 Å². The fraction of sp³-hybridized carbons (Fsp3) is 0.459. The number of halogens is 1. The van der Waals surface area contributed by atoms with E-state index in [1.54, 1.807) is 6.07 Å². The van der Waals surface area contributed by atoms with Crippen molar-refractivity contribution in [2.75, 3.05) is 25.4 Å². The van der Waals surface area contributed by atoms with Crippen molar-refractivity contribution in [3.05, 3.63) is 95.8 Å². The molecule has 0 aromatic heterocycles. The van der Waals surface area contributed by atoms with Crippen molar-refractivity contribution in [2.45, 2.75) is 82.5 Å². The highest BCUT2D eigenvalue weighted by molar-refractivity contribution is 7.89. The van der Waals surface area contributed by atoms with E-state index in [0.29, 0.717) is 5.69 Å². The predicted octanol–water partition coefficient (Wildman–Crippen LogP) is 3.95. The molecule has 0 radical (unpaired) electrons. The van der Waals surface area contributed by atoms with Crippen LogP contribution in [0.5, 0.6) is 0 Å². The second-order valence-corrected chi connectivity index (χ2v) is 16.4. The standard InChI is InChI=1S/C37H50FN5O5S/c1-25(2)23-43(49(47,48)30-16-14-29(39)15-17-30)24-32(44)31(20-26-10-7-6-8-11-26)41-35(46)34(36(3,4)5)42-33(45)22-40-37(18-19-37)27-12-9-13-28(38)21-27/h6-17,21,25,31-32,34,40,44H,18-20,22-24,39H2,1-5H3,(H,41,46)(H,42,45). The molecule has 0 saturated heterocycles. The lowest BCUT2D eigenvalue weighted by Gasteiger charge is -2.34. The van der Waals surface area contributed by atoms with Crippen LogP contribution < -0.4 is 21.7 Å². The fourth-order valence-electron chi connectivity index (χ4n) is 5.84. The van der Waals surface area contributed by atoms with Crippen molar-refractivity contribution in [2.24, 2.45) is 11.3 Å². The molecule has 49 heavy (non-hydrogen) atoms. The largest absolute Gasteiger partial charge is 0.399 e. The Kier molecular flexibility index (Phi) is 12.2. The Morgan fingerprint density at radius 1 is 0.959 bits per heavy atom. The van der Waals surface area contributed by atoms with Gasteiger partial charge >= 0.3 is 0 Å². The number of hydrogen-bond acceptors (Lipinski definition) is 7. The Hall–Kier alpha value is -3.84. The SMILES string of the molecule is CC(C)CN(CC(O)C(Cc1ccccc1)NC(=O)C(NC(=O)CNC1(c2cccc(F)c2)CC1)C(C)(C)C)S(=O)(=O)c1ccc(N)cc1. The summed E-state index contributed by atoms with van der Waals surface area (Å²) in [5.74, 6) is -1.32. The van der Waals surface area contributed by atoms with Gasteiger partial charge in [0.25, 0.3) is 0 Å². The average Bonchev–Trinajstić information content (AvgIpc) is 3.83. The molecule has 3 atom stereocenters. The number of nitrogens with one attached hydrogen (secondary N) is 3. The van der Waals surface area contributed by atoms with Crippen LogP contribution in [-0.4, -0.2) is 67.5 Å². The number of nitrogen functional groups attached to an aromatic ring is 1. The van der Waals surface area contributed by atoms with Gasteiger partial charge in [-0.05, 0) is 78.1 Å². The molecule has 1 saturated carbocycles. The first-order valence-corrected chi connectivity index (χ1v) is 18.1. The Morgan fingerprint density at radius 2 is 1.61 bits per heavy atom. The van der Waals surface area contributed by atoms with Crippen LogP contribution >= 0.6 is 0 Å². The van der Waals surface area contributed by atoms with Crippen molar-refractivity contribution in [3.8, 4) is 0 Å². The molecule has 3 unspecified atom stereocenters. The summed E-state index contributed by atoms with van der Waals surface area (Å²) in [7, 11) is -4.01. The maximum atomic E-state index is 14.0. The number of carbonyl (C=O) groups is 2. The van der Waals surface area contributed by atoms with Gasteiger partial charge in [0, 0.05) is 24.3 Å². The molecular weight excluding hydrogens is 646 g/mol. The van der Waals surface area contributed by atoms with Crippen molar-refractivity contribution in [1.29, 1.82) is 0 Å². The molecule has 3 aromatic rings. The van der Waals surface area contributed by atoms with E-state index >= 15 is 0 Å². The molecule has 0 spiro atoms. The molecule has 4 rings (SSSR count). The van der Waals surface area contributed by atoms with Crippen LogP contribution in [0.1, 0.15) is 58.6 Å². The molecule has 1 aliphatic carbocycles. The first kappa shape index (κ1) is 38.0. The quantitative estimate of drug-likeness (QED) is 0.142. The van der Waals surface area contributed by atoms with E-state index in [1.807, 2.05) is 71.0 Å². The number of aliphatic hydroxyl groups is 1. The monoisotopic (exact) mass is 695 g/mol. The topological polar surface area (TPSA) is 154 Å². The molecule has 0 aliphatic heterocycles.